The molecule has 0 aliphatic rings. The van der Waals surface area contributed by atoms with E-state index in [1.165, 1.54) is 6.92 Å². The number of hydrogen-bond donors (Lipinski definition) is 1. The Labute approximate surface area is 106 Å². The first kappa shape index (κ1) is 15.0. The second kappa shape index (κ2) is 4.92. The van der Waals surface area contributed by atoms with Crippen LogP contribution in [-0.2, 0) is 9.84 Å². The minimum absolute atomic E-state index is 0.00363. The lowest BCUT2D eigenvalue weighted by Crippen LogP contribution is -2.34. The number of anilines is 2. The van der Waals surface area contributed by atoms with Gasteiger partial charge in [-0.1, -0.05) is 0 Å². The first-order chi connectivity index (χ1) is 8.06. The number of hydrogen-bond acceptors (Lipinski definition) is 6. The van der Waals surface area contributed by atoms with Gasteiger partial charge in [0.1, 0.15) is 16.4 Å². The second-order valence-electron chi connectivity index (χ2n) is 3.60. The highest BCUT2D eigenvalue weighted by molar-refractivity contribution is 7.91. The van der Waals surface area contributed by atoms with Gasteiger partial charge in [-0.2, -0.15) is 17.5 Å². The molecule has 1 rings (SSSR count). The van der Waals surface area contributed by atoms with Crippen molar-refractivity contribution < 1.29 is 21.6 Å². The van der Waals surface area contributed by atoms with Crippen LogP contribution in [0.5, 0.6) is 0 Å². The quantitative estimate of drug-likeness (QED) is 0.912. The molecular weight excluding hydrogens is 291 g/mol. The molecule has 0 saturated carbocycles. The average Bonchev–Trinajstić information content (AvgIpc) is 2.54. The summed E-state index contributed by atoms with van der Waals surface area (Å²) in [7, 11) is -3.72. The fourth-order valence-corrected chi connectivity index (χ4v) is 3.65. The fourth-order valence-electron chi connectivity index (χ4n) is 1.38. The summed E-state index contributed by atoms with van der Waals surface area (Å²) in [4.78, 5) is 0.559. The minimum atomic E-state index is -4.43. The van der Waals surface area contributed by atoms with Crippen molar-refractivity contribution in [2.75, 3.05) is 30.0 Å². The number of nitrogens with two attached hydrogens (primary N) is 1. The van der Waals surface area contributed by atoms with Crippen LogP contribution in [0.1, 0.15) is 6.92 Å². The first-order valence-electron chi connectivity index (χ1n) is 4.83. The van der Waals surface area contributed by atoms with E-state index in [0.717, 1.165) is 11.2 Å². The molecular formula is C8H12F3N3O2S2. The molecule has 104 valence electrons. The van der Waals surface area contributed by atoms with Crippen LogP contribution in [0.3, 0.4) is 0 Å². The monoisotopic (exact) mass is 303 g/mol. The zero-order valence-electron chi connectivity index (χ0n) is 9.65. The molecule has 0 aromatic carbocycles. The van der Waals surface area contributed by atoms with Crippen LogP contribution in [-0.4, -0.2) is 38.3 Å². The Bertz CT molecular complexity index is 524. The summed E-state index contributed by atoms with van der Waals surface area (Å²) >= 11 is 0.648. The van der Waals surface area contributed by atoms with Gasteiger partial charge in [0.15, 0.2) is 15.7 Å². The van der Waals surface area contributed by atoms with E-state index in [2.05, 4.69) is 4.37 Å². The van der Waals surface area contributed by atoms with E-state index in [-0.39, 0.29) is 22.3 Å². The van der Waals surface area contributed by atoms with Gasteiger partial charge in [-0.3, -0.25) is 0 Å². The lowest BCUT2D eigenvalue weighted by Gasteiger charge is -2.23. The highest BCUT2D eigenvalue weighted by atomic mass is 32.2. The lowest BCUT2D eigenvalue weighted by molar-refractivity contribution is -0.119. The molecule has 0 saturated heterocycles. The largest absolute Gasteiger partial charge is 0.405 e. The predicted octanol–water partition coefficient (Wildman–Crippen LogP) is 1.52. The Kier molecular flexibility index (Phi) is 4.11. The van der Waals surface area contributed by atoms with Crippen LogP contribution in [0.2, 0.25) is 0 Å². The summed E-state index contributed by atoms with van der Waals surface area (Å²) in [6, 6.07) is 0. The summed E-state index contributed by atoms with van der Waals surface area (Å²) < 4.78 is 63.7. The van der Waals surface area contributed by atoms with Gasteiger partial charge in [0, 0.05) is 12.8 Å². The number of alkyl halides is 3. The Morgan fingerprint density at radius 2 is 2.00 bits per heavy atom. The highest BCUT2D eigenvalue weighted by Gasteiger charge is 2.34. The number of rotatable bonds is 4. The molecule has 2 N–H and O–H groups in total. The van der Waals surface area contributed by atoms with E-state index in [0.29, 0.717) is 11.5 Å². The SMILES string of the molecule is CCN(CC(F)(F)F)c1snc(N)c1S(C)(=O)=O. The molecule has 0 unspecified atom stereocenters. The van der Waals surface area contributed by atoms with Crippen LogP contribution in [0.15, 0.2) is 4.90 Å². The fraction of sp³-hybridized carbons (Fsp3) is 0.625. The third-order valence-electron chi connectivity index (χ3n) is 2.07. The zero-order chi connectivity index (χ0) is 14.1. The number of nitrogens with zero attached hydrogens (tertiary/aromatic N) is 2. The molecule has 5 nitrogen and oxygen atoms in total. The molecule has 10 heteroatoms. The molecule has 0 spiro atoms. The van der Waals surface area contributed by atoms with Crippen molar-refractivity contribution in [2.45, 2.75) is 18.0 Å². The van der Waals surface area contributed by atoms with E-state index >= 15 is 0 Å². The van der Waals surface area contributed by atoms with Crippen molar-refractivity contribution in [3.05, 3.63) is 0 Å². The highest BCUT2D eigenvalue weighted by Crippen LogP contribution is 2.35. The summed E-state index contributed by atoms with van der Waals surface area (Å²) in [5.74, 6) is -0.266. The molecule has 1 aromatic heterocycles. The normalized spacial score (nSPS) is 12.7. The zero-order valence-corrected chi connectivity index (χ0v) is 11.3. The third-order valence-corrected chi connectivity index (χ3v) is 4.26. The van der Waals surface area contributed by atoms with Crippen molar-refractivity contribution in [1.82, 2.24) is 4.37 Å². The van der Waals surface area contributed by atoms with Crippen molar-refractivity contribution >= 4 is 32.2 Å². The maximum Gasteiger partial charge on any atom is 0.405 e. The van der Waals surface area contributed by atoms with Gasteiger partial charge in [-0.05, 0) is 18.5 Å². The average molecular weight is 303 g/mol. The lowest BCUT2D eigenvalue weighted by atomic mass is 10.4. The number of halogens is 3. The van der Waals surface area contributed by atoms with Crippen LogP contribution in [0, 0.1) is 0 Å². The van der Waals surface area contributed by atoms with E-state index in [1.807, 2.05) is 0 Å². The van der Waals surface area contributed by atoms with E-state index in [4.69, 9.17) is 5.73 Å². The van der Waals surface area contributed by atoms with E-state index in [9.17, 15) is 21.6 Å². The number of nitrogen functional groups attached to an aromatic ring is 1. The Balaban J connectivity index is 3.24. The first-order valence-corrected chi connectivity index (χ1v) is 7.49. The third kappa shape index (κ3) is 3.48. The van der Waals surface area contributed by atoms with Crippen molar-refractivity contribution in [3.63, 3.8) is 0 Å². The minimum Gasteiger partial charge on any atom is -0.382 e. The van der Waals surface area contributed by atoms with Crippen molar-refractivity contribution in [1.29, 1.82) is 0 Å². The molecule has 1 aromatic rings. The van der Waals surface area contributed by atoms with Crippen molar-refractivity contribution in [2.24, 2.45) is 0 Å². The predicted molar refractivity (Wildman–Crippen MR) is 63.6 cm³/mol. The summed E-state index contributed by atoms with van der Waals surface area (Å²) in [6.45, 7) is 0.255. The molecule has 0 aliphatic carbocycles. The molecule has 0 fully saturated rings. The molecule has 18 heavy (non-hydrogen) atoms. The summed E-state index contributed by atoms with van der Waals surface area (Å²) in [5, 5.41) is -0.0742. The maximum atomic E-state index is 12.4. The van der Waals surface area contributed by atoms with E-state index in [1.54, 1.807) is 0 Å². The van der Waals surface area contributed by atoms with Crippen molar-refractivity contribution in [3.8, 4) is 0 Å². The molecule has 0 aliphatic heterocycles. The number of sulfone groups is 1. The Morgan fingerprint density at radius 1 is 1.44 bits per heavy atom. The summed E-state index contributed by atoms with van der Waals surface area (Å²) in [5.41, 5.74) is 5.40. The molecule has 0 bridgehead atoms. The van der Waals surface area contributed by atoms with Crippen LogP contribution in [0.25, 0.3) is 0 Å². The van der Waals surface area contributed by atoms with Crippen LogP contribution in [0.4, 0.5) is 24.0 Å². The van der Waals surface area contributed by atoms with Gasteiger partial charge < -0.3 is 10.6 Å². The van der Waals surface area contributed by atoms with Crippen LogP contribution >= 0.6 is 11.5 Å². The van der Waals surface area contributed by atoms with Gasteiger partial charge in [0.05, 0.1) is 0 Å². The van der Waals surface area contributed by atoms with Gasteiger partial charge in [0.25, 0.3) is 0 Å². The maximum absolute atomic E-state index is 12.4. The Hall–Kier alpha value is -1.03. The Morgan fingerprint density at radius 3 is 2.39 bits per heavy atom. The van der Waals surface area contributed by atoms with Gasteiger partial charge >= 0.3 is 6.18 Å². The standard InChI is InChI=1S/C8H12F3N3O2S2/c1-3-14(4-8(9,10)11)7-5(18(2,15)16)6(12)13-17-7/h3-4H2,1-2H3,(H2,12,13). The molecule has 0 radical (unpaired) electrons. The van der Waals surface area contributed by atoms with Crippen LogP contribution < -0.4 is 10.6 Å². The summed E-state index contributed by atoms with van der Waals surface area (Å²) in [6.07, 6.45) is -3.54. The van der Waals surface area contributed by atoms with Gasteiger partial charge in [-0.25, -0.2) is 8.42 Å². The number of aromatic nitrogens is 1. The second-order valence-corrected chi connectivity index (χ2v) is 6.31. The molecule has 0 atom stereocenters. The molecule has 1 heterocycles. The molecule has 0 amide bonds. The van der Waals surface area contributed by atoms with Gasteiger partial charge in [-0.15, -0.1) is 0 Å². The van der Waals surface area contributed by atoms with E-state index < -0.39 is 22.6 Å². The smallest absolute Gasteiger partial charge is 0.382 e. The topological polar surface area (TPSA) is 76.3 Å². The van der Waals surface area contributed by atoms with Gasteiger partial charge in [0.2, 0.25) is 0 Å².